The van der Waals surface area contributed by atoms with Crippen LogP contribution >= 0.6 is 23.2 Å². The van der Waals surface area contributed by atoms with E-state index in [2.05, 4.69) is 10.1 Å². The minimum absolute atomic E-state index is 0.105. The minimum atomic E-state index is -0.587. The quantitative estimate of drug-likeness (QED) is 0.426. The van der Waals surface area contributed by atoms with Crippen LogP contribution in [0.25, 0.3) is 6.08 Å². The van der Waals surface area contributed by atoms with Crippen molar-refractivity contribution >= 4 is 46.8 Å². The van der Waals surface area contributed by atoms with Gasteiger partial charge in [0.25, 0.3) is 5.91 Å². The van der Waals surface area contributed by atoms with Gasteiger partial charge in [0, 0.05) is 5.69 Å². The van der Waals surface area contributed by atoms with E-state index in [0.717, 1.165) is 5.56 Å². The molecule has 28 heavy (non-hydrogen) atoms. The van der Waals surface area contributed by atoms with Crippen molar-refractivity contribution in [3.8, 4) is 11.8 Å². The lowest BCUT2D eigenvalue weighted by Gasteiger charge is -2.10. The molecule has 0 spiro atoms. The summed E-state index contributed by atoms with van der Waals surface area (Å²) in [5, 5.41) is 12.2. The van der Waals surface area contributed by atoms with E-state index in [4.69, 9.17) is 27.9 Å². The summed E-state index contributed by atoms with van der Waals surface area (Å²) in [6, 6.07) is 12.0. The molecule has 1 N–H and O–H groups in total. The predicted octanol–water partition coefficient (Wildman–Crippen LogP) is 4.40. The third-order valence-corrected chi connectivity index (χ3v) is 4.13. The van der Waals surface area contributed by atoms with Crippen LogP contribution in [0.1, 0.15) is 11.1 Å². The third-order valence-electron chi connectivity index (χ3n) is 3.57. The van der Waals surface area contributed by atoms with Gasteiger partial charge in [0.05, 0.1) is 17.2 Å². The van der Waals surface area contributed by atoms with Crippen LogP contribution in [0.4, 0.5) is 5.69 Å². The molecule has 0 bridgehead atoms. The Kier molecular flexibility index (Phi) is 7.44. The van der Waals surface area contributed by atoms with Gasteiger partial charge in [-0.1, -0.05) is 40.9 Å². The van der Waals surface area contributed by atoms with Crippen molar-refractivity contribution in [3.63, 3.8) is 0 Å². The molecule has 0 aromatic heterocycles. The number of nitrogens with zero attached hydrogens (tertiary/aromatic N) is 1. The normalized spacial score (nSPS) is 10.8. The zero-order chi connectivity index (χ0) is 20.7. The molecular formula is C20H16Cl2N2O4. The Balaban J connectivity index is 2.21. The van der Waals surface area contributed by atoms with Crippen LogP contribution < -0.4 is 10.1 Å². The predicted molar refractivity (Wildman–Crippen MR) is 107 cm³/mol. The number of benzene rings is 2. The molecule has 0 saturated carbocycles. The number of methoxy groups -OCH3 is 1. The molecule has 0 fully saturated rings. The van der Waals surface area contributed by atoms with Crippen molar-refractivity contribution in [2.75, 3.05) is 19.0 Å². The van der Waals surface area contributed by atoms with E-state index >= 15 is 0 Å². The van der Waals surface area contributed by atoms with E-state index in [1.165, 1.54) is 25.3 Å². The number of nitrogens with one attached hydrogen (secondary N) is 1. The summed E-state index contributed by atoms with van der Waals surface area (Å²) in [7, 11) is 1.23. The molecule has 2 aromatic rings. The SMILES string of the molecule is COC(=O)COc1c(Cl)cc(/C=C(\C#N)C(=O)Nc2ccc(C)cc2)cc1Cl. The smallest absolute Gasteiger partial charge is 0.343 e. The Morgan fingerprint density at radius 2 is 1.79 bits per heavy atom. The van der Waals surface area contributed by atoms with Crippen LogP contribution in [0.5, 0.6) is 5.75 Å². The van der Waals surface area contributed by atoms with Gasteiger partial charge in [-0.3, -0.25) is 4.79 Å². The minimum Gasteiger partial charge on any atom is -0.479 e. The van der Waals surface area contributed by atoms with Crippen LogP contribution in [0.3, 0.4) is 0 Å². The number of esters is 1. The van der Waals surface area contributed by atoms with E-state index < -0.39 is 11.9 Å². The topological polar surface area (TPSA) is 88.4 Å². The Morgan fingerprint density at radius 1 is 1.18 bits per heavy atom. The second-order valence-corrected chi connectivity index (χ2v) is 6.48. The van der Waals surface area contributed by atoms with Crippen molar-refractivity contribution < 1.29 is 19.1 Å². The molecule has 1 amide bonds. The van der Waals surface area contributed by atoms with Crippen molar-refractivity contribution in [1.29, 1.82) is 5.26 Å². The maximum absolute atomic E-state index is 12.3. The summed E-state index contributed by atoms with van der Waals surface area (Å²) in [6.07, 6.45) is 1.35. The average Bonchev–Trinajstić information content (AvgIpc) is 2.66. The van der Waals surface area contributed by atoms with Crippen LogP contribution in [0.2, 0.25) is 10.0 Å². The van der Waals surface area contributed by atoms with E-state index in [9.17, 15) is 14.9 Å². The van der Waals surface area contributed by atoms with Gasteiger partial charge < -0.3 is 14.8 Å². The first kappa shape index (κ1) is 21.3. The second-order valence-electron chi connectivity index (χ2n) is 5.67. The molecule has 0 unspecified atom stereocenters. The molecule has 2 aromatic carbocycles. The molecule has 144 valence electrons. The fourth-order valence-corrected chi connectivity index (χ4v) is 2.75. The first-order chi connectivity index (χ1) is 13.3. The molecule has 6 nitrogen and oxygen atoms in total. The molecule has 0 saturated heterocycles. The zero-order valence-corrected chi connectivity index (χ0v) is 16.6. The lowest BCUT2D eigenvalue weighted by molar-refractivity contribution is -0.142. The fraction of sp³-hybridized carbons (Fsp3) is 0.150. The summed E-state index contributed by atoms with van der Waals surface area (Å²) >= 11 is 12.3. The van der Waals surface area contributed by atoms with E-state index in [0.29, 0.717) is 11.3 Å². The average molecular weight is 419 g/mol. The number of hydrogen-bond donors (Lipinski definition) is 1. The first-order valence-electron chi connectivity index (χ1n) is 8.02. The number of carbonyl (C=O) groups excluding carboxylic acids is 2. The van der Waals surface area contributed by atoms with Gasteiger partial charge >= 0.3 is 5.97 Å². The summed E-state index contributed by atoms with van der Waals surface area (Å²) in [5.41, 5.74) is 1.92. The van der Waals surface area contributed by atoms with Gasteiger partial charge in [-0.05, 0) is 42.8 Å². The number of rotatable bonds is 6. The monoisotopic (exact) mass is 418 g/mol. The number of carbonyl (C=O) groups is 2. The summed E-state index contributed by atoms with van der Waals surface area (Å²) in [5.74, 6) is -1.05. The highest BCUT2D eigenvalue weighted by molar-refractivity contribution is 6.37. The van der Waals surface area contributed by atoms with Crippen molar-refractivity contribution in [1.82, 2.24) is 0 Å². The van der Waals surface area contributed by atoms with Gasteiger partial charge in [-0.25, -0.2) is 4.79 Å². The van der Waals surface area contributed by atoms with E-state index in [1.807, 2.05) is 25.1 Å². The lowest BCUT2D eigenvalue weighted by Crippen LogP contribution is -2.13. The molecule has 0 aliphatic heterocycles. The molecule has 0 aliphatic rings. The van der Waals surface area contributed by atoms with Crippen molar-refractivity contribution in [3.05, 3.63) is 63.1 Å². The number of amides is 1. The Labute approximate surface area is 172 Å². The first-order valence-corrected chi connectivity index (χ1v) is 8.78. The molecule has 8 heteroatoms. The molecule has 0 heterocycles. The van der Waals surface area contributed by atoms with Crippen LogP contribution in [-0.2, 0) is 14.3 Å². The molecular weight excluding hydrogens is 403 g/mol. The third kappa shape index (κ3) is 5.74. The highest BCUT2D eigenvalue weighted by atomic mass is 35.5. The van der Waals surface area contributed by atoms with E-state index in [-0.39, 0.29) is 28.0 Å². The van der Waals surface area contributed by atoms with Gasteiger partial charge in [0.2, 0.25) is 0 Å². The van der Waals surface area contributed by atoms with Crippen LogP contribution in [0, 0.1) is 18.3 Å². The number of ether oxygens (including phenoxy) is 2. The van der Waals surface area contributed by atoms with Crippen molar-refractivity contribution in [2.24, 2.45) is 0 Å². The summed E-state index contributed by atoms with van der Waals surface area (Å²) in [6.45, 7) is 1.58. The molecule has 0 atom stereocenters. The number of nitriles is 1. The van der Waals surface area contributed by atoms with Gasteiger partial charge in [-0.15, -0.1) is 0 Å². The molecule has 2 rings (SSSR count). The largest absolute Gasteiger partial charge is 0.479 e. The number of anilines is 1. The van der Waals surface area contributed by atoms with Crippen molar-refractivity contribution in [2.45, 2.75) is 6.92 Å². The van der Waals surface area contributed by atoms with Crippen LogP contribution in [0.15, 0.2) is 42.0 Å². The maximum Gasteiger partial charge on any atom is 0.343 e. The van der Waals surface area contributed by atoms with Crippen LogP contribution in [-0.4, -0.2) is 25.6 Å². The summed E-state index contributed by atoms with van der Waals surface area (Å²) < 4.78 is 9.72. The zero-order valence-electron chi connectivity index (χ0n) is 15.1. The maximum atomic E-state index is 12.3. The Morgan fingerprint density at radius 3 is 2.32 bits per heavy atom. The van der Waals surface area contributed by atoms with E-state index in [1.54, 1.807) is 12.1 Å². The lowest BCUT2D eigenvalue weighted by atomic mass is 10.1. The number of halogens is 2. The van der Waals surface area contributed by atoms with Gasteiger partial charge in [-0.2, -0.15) is 5.26 Å². The number of aryl methyl sites for hydroxylation is 1. The number of hydrogen-bond acceptors (Lipinski definition) is 5. The fourth-order valence-electron chi connectivity index (χ4n) is 2.14. The highest BCUT2D eigenvalue weighted by Crippen LogP contribution is 2.35. The Hall–Kier alpha value is -3.01. The molecule has 0 aliphatic carbocycles. The summed E-state index contributed by atoms with van der Waals surface area (Å²) in [4.78, 5) is 23.5. The van der Waals surface area contributed by atoms with Gasteiger partial charge in [0.15, 0.2) is 12.4 Å². The Bertz CT molecular complexity index is 940. The molecule has 0 radical (unpaired) electrons. The van der Waals surface area contributed by atoms with Gasteiger partial charge in [0.1, 0.15) is 11.6 Å². The highest BCUT2D eigenvalue weighted by Gasteiger charge is 2.14. The standard InChI is InChI=1S/C20H16Cl2N2O4/c1-12-3-5-15(6-4-12)24-20(26)14(10-23)7-13-8-16(21)19(17(22)9-13)28-11-18(25)27-2/h3-9H,11H2,1-2H3,(H,24,26)/b14-7+. The second kappa shape index (κ2) is 9.79.